The van der Waals surface area contributed by atoms with Gasteiger partial charge in [0, 0.05) is 18.7 Å². The van der Waals surface area contributed by atoms with Crippen molar-refractivity contribution in [3.8, 4) is 5.75 Å². The van der Waals surface area contributed by atoms with Crippen molar-refractivity contribution in [2.24, 2.45) is 0 Å². The highest BCUT2D eigenvalue weighted by Gasteiger charge is 2.26. The van der Waals surface area contributed by atoms with Gasteiger partial charge in [0.1, 0.15) is 12.4 Å². The first-order chi connectivity index (χ1) is 13.9. The summed E-state index contributed by atoms with van der Waals surface area (Å²) in [7, 11) is -3.56. The van der Waals surface area contributed by atoms with E-state index in [0.717, 1.165) is 36.1 Å². The third-order valence-corrected chi connectivity index (χ3v) is 7.14. The fourth-order valence-corrected chi connectivity index (χ4v) is 4.92. The van der Waals surface area contributed by atoms with Gasteiger partial charge in [0.05, 0.1) is 11.4 Å². The highest BCUT2D eigenvalue weighted by atomic mass is 32.2. The number of hydrogen-bond donors (Lipinski definition) is 1. The minimum atomic E-state index is -3.56. The van der Waals surface area contributed by atoms with Crippen molar-refractivity contribution in [3.05, 3.63) is 59.2 Å². The molecule has 2 aromatic rings. The van der Waals surface area contributed by atoms with E-state index < -0.39 is 10.0 Å². The van der Waals surface area contributed by atoms with Gasteiger partial charge in [-0.25, -0.2) is 8.42 Å². The van der Waals surface area contributed by atoms with Crippen LogP contribution in [-0.4, -0.2) is 44.9 Å². The molecule has 0 unspecified atom stereocenters. The molecule has 2 aromatic carbocycles. The Labute approximate surface area is 172 Å². The van der Waals surface area contributed by atoms with Gasteiger partial charge in [-0.05, 0) is 62.1 Å². The zero-order valence-electron chi connectivity index (χ0n) is 17.0. The molecule has 1 heterocycles. The van der Waals surface area contributed by atoms with Crippen molar-refractivity contribution < 1.29 is 17.9 Å². The molecule has 156 valence electrons. The van der Waals surface area contributed by atoms with Crippen LogP contribution in [0.4, 0.5) is 0 Å². The Kier molecular flexibility index (Phi) is 6.92. The van der Waals surface area contributed by atoms with Crippen molar-refractivity contribution in [2.45, 2.75) is 38.0 Å². The van der Waals surface area contributed by atoms with Crippen molar-refractivity contribution in [1.29, 1.82) is 0 Å². The van der Waals surface area contributed by atoms with Crippen LogP contribution in [0.15, 0.2) is 47.4 Å². The first-order valence-electron chi connectivity index (χ1n) is 9.97. The third-order valence-electron chi connectivity index (χ3n) is 5.25. The number of rotatable bonds is 7. The summed E-state index contributed by atoms with van der Waals surface area (Å²) in [5.41, 5.74) is 2.56. The van der Waals surface area contributed by atoms with Gasteiger partial charge in [0.25, 0.3) is 5.91 Å². The number of sulfonamides is 1. The number of carbonyl (C=O) groups excluding carboxylic acids is 1. The van der Waals surface area contributed by atoms with Gasteiger partial charge in [0.15, 0.2) is 0 Å². The minimum Gasteiger partial charge on any atom is -0.491 e. The second-order valence-electron chi connectivity index (χ2n) is 7.29. The van der Waals surface area contributed by atoms with Crippen LogP contribution in [0.25, 0.3) is 0 Å². The first kappa shape index (κ1) is 21.3. The molecule has 3 rings (SSSR count). The molecular weight excluding hydrogens is 388 g/mol. The van der Waals surface area contributed by atoms with Crippen LogP contribution in [0, 0.1) is 13.8 Å². The summed E-state index contributed by atoms with van der Waals surface area (Å²) < 4.78 is 32.9. The zero-order valence-corrected chi connectivity index (χ0v) is 17.8. The summed E-state index contributed by atoms with van der Waals surface area (Å²) >= 11 is 0. The minimum absolute atomic E-state index is 0.165. The van der Waals surface area contributed by atoms with Crippen molar-refractivity contribution in [2.75, 3.05) is 26.2 Å². The maximum Gasteiger partial charge on any atom is 0.251 e. The number of nitrogens with one attached hydrogen (secondary N) is 1. The lowest BCUT2D eigenvalue weighted by Gasteiger charge is -2.26. The Balaban J connectivity index is 1.58. The number of aryl methyl sites for hydroxylation is 1. The number of nitrogens with zero attached hydrogens (tertiary/aromatic N) is 1. The Morgan fingerprint density at radius 3 is 2.55 bits per heavy atom. The van der Waals surface area contributed by atoms with Crippen molar-refractivity contribution in [3.63, 3.8) is 0 Å². The molecule has 0 atom stereocenters. The molecule has 0 bridgehead atoms. The molecule has 1 aliphatic heterocycles. The molecule has 6 nitrogen and oxygen atoms in total. The lowest BCUT2D eigenvalue weighted by molar-refractivity contribution is 0.0946. The van der Waals surface area contributed by atoms with Crippen LogP contribution in [0.2, 0.25) is 0 Å². The molecule has 1 saturated heterocycles. The highest BCUT2D eigenvalue weighted by molar-refractivity contribution is 7.89. The van der Waals surface area contributed by atoms with Crippen LogP contribution in [0.5, 0.6) is 5.75 Å². The van der Waals surface area contributed by atoms with E-state index in [4.69, 9.17) is 4.74 Å². The van der Waals surface area contributed by atoms with Crippen molar-refractivity contribution >= 4 is 15.9 Å². The van der Waals surface area contributed by atoms with Gasteiger partial charge in [0.2, 0.25) is 10.0 Å². The van der Waals surface area contributed by atoms with Gasteiger partial charge in [-0.15, -0.1) is 0 Å². The number of amides is 1. The number of carbonyl (C=O) groups is 1. The number of benzene rings is 2. The summed E-state index contributed by atoms with van der Waals surface area (Å²) in [6.45, 7) is 5.76. The molecule has 0 saturated carbocycles. The molecule has 29 heavy (non-hydrogen) atoms. The second-order valence-corrected chi connectivity index (χ2v) is 9.23. The van der Waals surface area contributed by atoms with Crippen LogP contribution < -0.4 is 10.1 Å². The molecule has 1 aliphatic rings. The summed E-state index contributed by atoms with van der Waals surface area (Å²) in [5.74, 6) is 0.485. The van der Waals surface area contributed by atoms with E-state index in [1.165, 1.54) is 10.4 Å². The Hall–Kier alpha value is -2.38. The molecule has 1 fully saturated rings. The quantitative estimate of drug-likeness (QED) is 0.703. The summed E-state index contributed by atoms with van der Waals surface area (Å²) in [4.78, 5) is 12.6. The van der Waals surface area contributed by atoms with Crippen LogP contribution in [0.1, 0.15) is 40.7 Å². The highest BCUT2D eigenvalue weighted by Crippen LogP contribution is 2.22. The molecule has 7 heteroatoms. The molecule has 0 radical (unpaired) electrons. The van der Waals surface area contributed by atoms with Gasteiger partial charge in [-0.3, -0.25) is 4.79 Å². The molecule has 0 aromatic heterocycles. The van der Waals surface area contributed by atoms with Crippen LogP contribution in [0.3, 0.4) is 0 Å². The van der Waals surface area contributed by atoms with E-state index in [1.807, 2.05) is 32.0 Å². The van der Waals surface area contributed by atoms with E-state index in [1.54, 1.807) is 18.2 Å². The van der Waals surface area contributed by atoms with Crippen molar-refractivity contribution in [1.82, 2.24) is 9.62 Å². The zero-order chi connectivity index (χ0) is 20.9. The smallest absolute Gasteiger partial charge is 0.251 e. The number of piperidine rings is 1. The number of ether oxygens (including phenoxy) is 1. The van der Waals surface area contributed by atoms with Gasteiger partial charge in [-0.1, -0.05) is 24.6 Å². The maximum absolute atomic E-state index is 12.8. The lowest BCUT2D eigenvalue weighted by atomic mass is 10.1. The standard InChI is InChI=1S/C22H28N2O4S/c1-17-8-6-11-21(18(17)2)28-15-12-23-22(25)19-9-7-10-20(16-19)29(26,27)24-13-4-3-5-14-24/h6-11,16H,3-5,12-15H2,1-2H3,(H,23,25). The Morgan fingerprint density at radius 2 is 1.79 bits per heavy atom. The fraction of sp³-hybridized carbons (Fsp3) is 0.409. The SMILES string of the molecule is Cc1cccc(OCCNC(=O)c2cccc(S(=O)(=O)N3CCCCC3)c2)c1C. The van der Waals surface area contributed by atoms with E-state index in [-0.39, 0.29) is 10.8 Å². The summed E-state index contributed by atoms with van der Waals surface area (Å²) in [6.07, 6.45) is 2.80. The maximum atomic E-state index is 12.8. The van der Waals surface area contributed by atoms with E-state index >= 15 is 0 Å². The molecule has 0 aliphatic carbocycles. The summed E-state index contributed by atoms with van der Waals surface area (Å²) in [5, 5.41) is 2.79. The van der Waals surface area contributed by atoms with E-state index in [0.29, 0.717) is 31.8 Å². The van der Waals surface area contributed by atoms with E-state index in [2.05, 4.69) is 5.32 Å². The van der Waals surface area contributed by atoms with Crippen LogP contribution >= 0.6 is 0 Å². The van der Waals surface area contributed by atoms with Crippen LogP contribution in [-0.2, 0) is 10.0 Å². The lowest BCUT2D eigenvalue weighted by Crippen LogP contribution is -2.35. The largest absolute Gasteiger partial charge is 0.491 e. The van der Waals surface area contributed by atoms with Gasteiger partial charge < -0.3 is 10.1 Å². The van der Waals surface area contributed by atoms with E-state index in [9.17, 15) is 13.2 Å². The Morgan fingerprint density at radius 1 is 1.07 bits per heavy atom. The normalized spacial score (nSPS) is 15.1. The second kappa shape index (κ2) is 9.41. The monoisotopic (exact) mass is 416 g/mol. The number of hydrogen-bond acceptors (Lipinski definition) is 4. The average Bonchev–Trinajstić information content (AvgIpc) is 2.74. The predicted octanol–water partition coefficient (Wildman–Crippen LogP) is 3.29. The van der Waals surface area contributed by atoms with Gasteiger partial charge >= 0.3 is 0 Å². The first-order valence-corrected chi connectivity index (χ1v) is 11.4. The Bertz CT molecular complexity index is 967. The average molecular weight is 417 g/mol. The molecule has 1 amide bonds. The predicted molar refractivity (Wildman–Crippen MR) is 113 cm³/mol. The fourth-order valence-electron chi connectivity index (χ4n) is 3.36. The molecule has 0 spiro atoms. The molecular formula is C22H28N2O4S. The molecule has 1 N–H and O–H groups in total. The summed E-state index contributed by atoms with van der Waals surface area (Å²) in [6, 6.07) is 12.1. The third kappa shape index (κ3) is 5.16. The topological polar surface area (TPSA) is 75.7 Å². The van der Waals surface area contributed by atoms with Gasteiger partial charge in [-0.2, -0.15) is 4.31 Å².